The quantitative estimate of drug-likeness (QED) is 0.114. The van der Waals surface area contributed by atoms with Gasteiger partial charge in [0.1, 0.15) is 21.2 Å². The van der Waals surface area contributed by atoms with Gasteiger partial charge in [-0.15, -0.1) is 10.2 Å². The highest BCUT2D eigenvalue weighted by atomic mass is 32.2. The molecule has 0 fully saturated rings. The summed E-state index contributed by atoms with van der Waals surface area (Å²) in [6.07, 6.45) is 5.01. The summed E-state index contributed by atoms with van der Waals surface area (Å²) in [7, 11) is -18.6. The van der Waals surface area contributed by atoms with E-state index in [0.29, 0.717) is 11.1 Å². The first-order chi connectivity index (χ1) is 24.3. The Balaban J connectivity index is 1.29. The van der Waals surface area contributed by atoms with Gasteiger partial charge in [-0.05, 0) is 59.7 Å². The molecule has 0 saturated heterocycles. The van der Waals surface area contributed by atoms with Gasteiger partial charge in [0.2, 0.25) is 0 Å². The highest BCUT2D eigenvalue weighted by Crippen LogP contribution is 2.27. The van der Waals surface area contributed by atoms with Crippen molar-refractivity contribution in [2.24, 2.45) is 0 Å². The van der Waals surface area contributed by atoms with Gasteiger partial charge in [-0.2, -0.15) is 53.5 Å². The van der Waals surface area contributed by atoms with Crippen LogP contribution in [0.4, 0.5) is 0 Å². The molecular formula is C30H22N6O12S4. The highest BCUT2D eigenvalue weighted by molar-refractivity contribution is 7.86. The predicted molar refractivity (Wildman–Crippen MR) is 182 cm³/mol. The topological polar surface area (TPSA) is 279 Å². The fraction of sp³-hybridized carbons (Fsp3) is 0. The zero-order valence-corrected chi connectivity index (χ0v) is 29.0. The molecule has 0 amide bonds. The Morgan fingerprint density at radius 1 is 0.462 bits per heavy atom. The van der Waals surface area contributed by atoms with Gasteiger partial charge >= 0.3 is 0 Å². The van der Waals surface area contributed by atoms with E-state index >= 15 is 0 Å². The Morgan fingerprint density at radius 3 is 1.12 bits per heavy atom. The van der Waals surface area contributed by atoms with E-state index in [2.05, 4.69) is 20.4 Å². The number of hydrogen-bond donors (Lipinski definition) is 4. The van der Waals surface area contributed by atoms with Gasteiger partial charge in [0, 0.05) is 11.1 Å². The normalized spacial score (nSPS) is 12.8. The molecule has 0 unspecified atom stereocenters. The molecule has 52 heavy (non-hydrogen) atoms. The molecule has 0 atom stereocenters. The molecule has 0 aliphatic heterocycles. The van der Waals surface area contributed by atoms with Gasteiger partial charge < -0.3 is 0 Å². The Labute approximate surface area is 295 Å². The van der Waals surface area contributed by atoms with Gasteiger partial charge in [-0.1, -0.05) is 48.6 Å². The molecule has 0 aliphatic rings. The maximum absolute atomic E-state index is 12.4. The van der Waals surface area contributed by atoms with Crippen molar-refractivity contribution in [2.45, 2.75) is 19.6 Å². The smallest absolute Gasteiger partial charge is 0.282 e. The first kappa shape index (κ1) is 36.3. The summed E-state index contributed by atoms with van der Waals surface area (Å²) in [5, 5.41) is 16.7. The van der Waals surface area contributed by atoms with Crippen LogP contribution in [0.3, 0.4) is 0 Å². The molecule has 6 aromatic rings. The van der Waals surface area contributed by atoms with Crippen LogP contribution in [0, 0.1) is 0 Å². The van der Waals surface area contributed by atoms with Crippen LogP contribution < -0.4 is 0 Å². The van der Waals surface area contributed by atoms with Gasteiger partial charge in [0.25, 0.3) is 40.5 Å². The molecule has 0 radical (unpaired) electrons. The van der Waals surface area contributed by atoms with Crippen LogP contribution in [0.1, 0.15) is 11.1 Å². The molecule has 0 saturated carbocycles. The lowest BCUT2D eigenvalue weighted by atomic mass is 10.1. The summed E-state index contributed by atoms with van der Waals surface area (Å²) in [4.78, 5) is 0.236. The van der Waals surface area contributed by atoms with Crippen LogP contribution in [-0.2, 0) is 40.5 Å². The molecule has 2 heterocycles. The van der Waals surface area contributed by atoms with E-state index in [1.165, 1.54) is 73.1 Å². The zero-order valence-electron chi connectivity index (χ0n) is 25.8. The number of rotatable bonds is 10. The molecule has 4 N–H and O–H groups in total. The Hall–Kier alpha value is -5.46. The van der Waals surface area contributed by atoms with Crippen molar-refractivity contribution >= 4 is 52.6 Å². The minimum absolute atomic E-state index is 0.0804. The van der Waals surface area contributed by atoms with Crippen molar-refractivity contribution in [3.63, 3.8) is 0 Å². The van der Waals surface area contributed by atoms with Gasteiger partial charge in [-0.25, -0.2) is 0 Å². The first-order valence-corrected chi connectivity index (χ1v) is 20.0. The molecule has 18 nitrogen and oxygen atoms in total. The van der Waals surface area contributed by atoms with Crippen molar-refractivity contribution in [1.82, 2.24) is 30.0 Å². The Bertz CT molecular complexity index is 2640. The van der Waals surface area contributed by atoms with Crippen molar-refractivity contribution in [3.8, 4) is 33.9 Å². The van der Waals surface area contributed by atoms with E-state index in [1.807, 2.05) is 0 Å². The van der Waals surface area contributed by atoms with E-state index < -0.39 is 50.3 Å². The molecular weight excluding hydrogens is 765 g/mol. The number of benzene rings is 4. The van der Waals surface area contributed by atoms with Crippen LogP contribution in [0.15, 0.2) is 117 Å². The van der Waals surface area contributed by atoms with Crippen LogP contribution in [0.2, 0.25) is 0 Å². The number of hydrogen-bond acceptors (Lipinski definition) is 12. The van der Waals surface area contributed by atoms with Crippen molar-refractivity contribution in [2.75, 3.05) is 0 Å². The van der Waals surface area contributed by atoms with E-state index in [9.17, 15) is 51.9 Å². The molecule has 4 aromatic carbocycles. The summed E-state index contributed by atoms with van der Waals surface area (Å²) in [5.41, 5.74) is 1.39. The average Bonchev–Trinajstić information content (AvgIpc) is 3.77. The largest absolute Gasteiger partial charge is 0.295 e. The van der Waals surface area contributed by atoms with Crippen molar-refractivity contribution in [1.29, 1.82) is 0 Å². The Morgan fingerprint density at radius 2 is 0.808 bits per heavy atom. The van der Waals surface area contributed by atoms with Gasteiger partial charge in [0.15, 0.2) is 0 Å². The van der Waals surface area contributed by atoms with E-state index in [-0.39, 0.29) is 43.7 Å². The minimum Gasteiger partial charge on any atom is -0.282 e. The molecule has 22 heteroatoms. The zero-order chi connectivity index (χ0) is 37.6. The van der Waals surface area contributed by atoms with E-state index in [4.69, 9.17) is 0 Å². The second-order valence-electron chi connectivity index (χ2n) is 10.8. The van der Waals surface area contributed by atoms with E-state index in [0.717, 1.165) is 46.0 Å². The third kappa shape index (κ3) is 7.88. The molecule has 268 valence electrons. The Kier molecular flexibility index (Phi) is 9.27. The molecule has 6 rings (SSSR count). The fourth-order valence-corrected chi connectivity index (χ4v) is 7.20. The lowest BCUT2D eigenvalue weighted by molar-refractivity contribution is 0.480. The summed E-state index contributed by atoms with van der Waals surface area (Å²) in [6, 6.07) is 17.7. The lowest BCUT2D eigenvalue weighted by Crippen LogP contribution is -2.06. The van der Waals surface area contributed by atoms with Crippen LogP contribution >= 0.6 is 0 Å². The first-order valence-electron chi connectivity index (χ1n) is 14.2. The standard InChI is InChI=1S/C30H22N6O12S4/c37-49(38,39)25-11-5-19(6-12-25)27-17-31-35(33-27)23-9-3-21(29(15-23)51(43,44)45)1-2-22-4-10-24(16-30(22)52(46,47)48)36-32-18-28(34-36)20-7-13-26(14-8-20)50(40,41)42/h1-18H,(H,37,38,39)(H,40,41,42)(H,43,44,45)(H,46,47,48)/b2-1-. The second-order valence-corrected chi connectivity index (χ2v) is 16.4. The lowest BCUT2D eigenvalue weighted by Gasteiger charge is -2.08. The summed E-state index contributed by atoms with van der Waals surface area (Å²) < 4.78 is 133. The highest BCUT2D eigenvalue weighted by Gasteiger charge is 2.20. The molecule has 0 aliphatic carbocycles. The third-order valence-electron chi connectivity index (χ3n) is 7.33. The predicted octanol–water partition coefficient (Wildman–Crippen LogP) is 3.34. The number of nitrogens with zero attached hydrogens (tertiary/aromatic N) is 6. The van der Waals surface area contributed by atoms with E-state index in [1.54, 1.807) is 0 Å². The molecule has 0 bridgehead atoms. The maximum atomic E-state index is 12.4. The third-order valence-corrected chi connectivity index (χ3v) is 10.9. The SMILES string of the molecule is O=S(=O)(O)c1ccc(-c2cnn(-c3ccc(/C=C\c4ccc(-n5ncc(-c6ccc(S(=O)(=O)O)cc6)n5)cc4S(=O)(=O)O)c(S(=O)(=O)O)c3)n2)cc1. The monoisotopic (exact) mass is 786 g/mol. The molecule has 0 spiro atoms. The number of aromatic nitrogens is 6. The van der Waals surface area contributed by atoms with Crippen LogP contribution in [0.25, 0.3) is 46.0 Å². The minimum atomic E-state index is -4.87. The van der Waals surface area contributed by atoms with Gasteiger partial charge in [-0.3, -0.25) is 18.2 Å². The summed E-state index contributed by atoms with van der Waals surface area (Å²) in [5.74, 6) is 0. The maximum Gasteiger partial charge on any atom is 0.295 e. The van der Waals surface area contributed by atoms with Crippen molar-refractivity contribution in [3.05, 3.63) is 108 Å². The molecule has 2 aromatic heterocycles. The van der Waals surface area contributed by atoms with Crippen LogP contribution in [-0.4, -0.2) is 81.9 Å². The van der Waals surface area contributed by atoms with Crippen LogP contribution in [0.5, 0.6) is 0 Å². The van der Waals surface area contributed by atoms with Crippen molar-refractivity contribution < 1.29 is 51.9 Å². The average molecular weight is 787 g/mol. The van der Waals surface area contributed by atoms with Gasteiger partial charge in [0.05, 0.1) is 33.6 Å². The summed E-state index contributed by atoms with van der Waals surface area (Å²) in [6.45, 7) is 0. The summed E-state index contributed by atoms with van der Waals surface area (Å²) >= 11 is 0. The second kappa shape index (κ2) is 13.3. The fourth-order valence-electron chi connectivity index (χ4n) is 4.83.